The molecule has 0 N–H and O–H groups in total. The smallest absolute Gasteiger partial charge is 0.500 e. The van der Waals surface area contributed by atoms with Gasteiger partial charge in [-0.15, -0.1) is 0 Å². The van der Waals surface area contributed by atoms with E-state index in [0.29, 0.717) is 0 Å². The standard InChI is InChI=1S/C24H54NO3Si.ClH/c1-7-10-13-16-20-25(21-17-14-11-8-2,22-18-15-12-9-3)23-19-24-29(26-4,27-5)28-6;/h7-24H2,1-6H3;1H/q+1;/p-1. The molecule has 0 atom stereocenters. The fraction of sp³-hybridized carbons (Fsp3) is 1.00. The quantitative estimate of drug-likeness (QED) is 0.138. The largest absolute Gasteiger partial charge is 1.00 e. The normalized spacial score (nSPS) is 12.2. The van der Waals surface area contributed by atoms with Crippen LogP contribution < -0.4 is 12.4 Å². The van der Waals surface area contributed by atoms with E-state index in [1.54, 1.807) is 21.3 Å². The Balaban J connectivity index is 0. The number of rotatable bonds is 22. The SMILES string of the molecule is CCCCCC[N+](CCCCCC)(CCCCCC)CCC[Si](OC)(OC)OC.[Cl-]. The van der Waals surface area contributed by atoms with Crippen molar-refractivity contribution in [3.05, 3.63) is 0 Å². The Hall–Kier alpha value is 0.347. The zero-order valence-corrected chi connectivity index (χ0v) is 23.0. The monoisotopic (exact) mass is 467 g/mol. The highest BCUT2D eigenvalue weighted by atomic mass is 35.5. The molecule has 0 radical (unpaired) electrons. The van der Waals surface area contributed by atoms with Crippen LogP contribution in [0, 0.1) is 0 Å². The van der Waals surface area contributed by atoms with E-state index in [-0.39, 0.29) is 12.4 Å². The molecule has 0 saturated heterocycles. The predicted molar refractivity (Wildman–Crippen MR) is 128 cm³/mol. The molecule has 0 heterocycles. The van der Waals surface area contributed by atoms with Crippen molar-refractivity contribution < 1.29 is 30.2 Å². The molecule has 0 aromatic rings. The highest BCUT2D eigenvalue weighted by Gasteiger charge is 2.38. The summed E-state index contributed by atoms with van der Waals surface area (Å²) in [7, 11) is 2.75. The van der Waals surface area contributed by atoms with Gasteiger partial charge in [-0.2, -0.15) is 0 Å². The van der Waals surface area contributed by atoms with E-state index in [4.69, 9.17) is 13.3 Å². The lowest BCUT2D eigenvalue weighted by molar-refractivity contribution is -0.929. The van der Waals surface area contributed by atoms with E-state index in [1.165, 1.54) is 108 Å². The second-order valence-electron chi connectivity index (χ2n) is 8.82. The maximum absolute atomic E-state index is 5.68. The molecule has 0 bridgehead atoms. The summed E-state index contributed by atoms with van der Waals surface area (Å²) in [6, 6.07) is 0.926. The summed E-state index contributed by atoms with van der Waals surface area (Å²) in [6.45, 7) is 12.2. The summed E-state index contributed by atoms with van der Waals surface area (Å²) in [5.74, 6) is 0. The van der Waals surface area contributed by atoms with Gasteiger partial charge in [0.2, 0.25) is 0 Å². The van der Waals surface area contributed by atoms with E-state index in [2.05, 4.69) is 20.8 Å². The first-order valence-electron chi connectivity index (χ1n) is 12.6. The maximum atomic E-state index is 5.68. The summed E-state index contributed by atoms with van der Waals surface area (Å²) >= 11 is 0. The summed E-state index contributed by atoms with van der Waals surface area (Å²) in [5, 5.41) is 0. The fourth-order valence-corrected chi connectivity index (χ4v) is 6.18. The van der Waals surface area contributed by atoms with E-state index < -0.39 is 8.80 Å². The van der Waals surface area contributed by atoms with Crippen LogP contribution >= 0.6 is 0 Å². The molecular formula is C24H54ClNO3Si. The van der Waals surface area contributed by atoms with Crippen LogP contribution in [0.3, 0.4) is 0 Å². The molecule has 0 aromatic heterocycles. The molecular weight excluding hydrogens is 414 g/mol. The highest BCUT2D eigenvalue weighted by molar-refractivity contribution is 6.60. The lowest BCUT2D eigenvalue weighted by atomic mass is 10.1. The third-order valence-electron chi connectivity index (χ3n) is 6.51. The number of unbranched alkanes of at least 4 members (excludes halogenated alkanes) is 9. The molecule has 0 rings (SSSR count). The molecule has 0 spiro atoms. The van der Waals surface area contributed by atoms with Gasteiger partial charge in [0.15, 0.2) is 0 Å². The van der Waals surface area contributed by atoms with Gasteiger partial charge in [-0.25, -0.2) is 0 Å². The minimum atomic E-state index is -2.46. The Labute approximate surface area is 196 Å². The van der Waals surface area contributed by atoms with Crippen molar-refractivity contribution in [2.75, 3.05) is 47.5 Å². The lowest BCUT2D eigenvalue weighted by Crippen LogP contribution is -3.00. The van der Waals surface area contributed by atoms with Gasteiger partial charge in [0, 0.05) is 33.8 Å². The van der Waals surface area contributed by atoms with Gasteiger partial charge < -0.3 is 30.2 Å². The number of hydrogen-bond donors (Lipinski definition) is 0. The summed E-state index contributed by atoms with van der Waals surface area (Å²) < 4.78 is 18.3. The molecule has 0 aromatic carbocycles. The van der Waals surface area contributed by atoms with Crippen LogP contribution in [0.15, 0.2) is 0 Å². The molecule has 0 aliphatic rings. The Morgan fingerprint density at radius 3 is 1.13 bits per heavy atom. The van der Waals surface area contributed by atoms with E-state index >= 15 is 0 Å². The topological polar surface area (TPSA) is 27.7 Å². The summed E-state index contributed by atoms with van der Waals surface area (Å²) in [5.41, 5.74) is 0. The molecule has 0 aliphatic heterocycles. The second kappa shape index (κ2) is 21.2. The van der Waals surface area contributed by atoms with Crippen LogP contribution in [-0.2, 0) is 13.3 Å². The van der Waals surface area contributed by atoms with Crippen molar-refractivity contribution in [1.29, 1.82) is 0 Å². The minimum Gasteiger partial charge on any atom is -1.00 e. The zero-order chi connectivity index (χ0) is 21.8. The van der Waals surface area contributed by atoms with Crippen molar-refractivity contribution >= 4 is 8.80 Å². The van der Waals surface area contributed by atoms with Gasteiger partial charge in [-0.05, 0) is 38.5 Å². The molecule has 6 heteroatoms. The molecule has 30 heavy (non-hydrogen) atoms. The minimum absolute atomic E-state index is 0. The zero-order valence-electron chi connectivity index (χ0n) is 21.3. The molecule has 0 fully saturated rings. The van der Waals surface area contributed by atoms with E-state index in [1.807, 2.05) is 0 Å². The first kappa shape index (κ1) is 32.5. The summed E-state index contributed by atoms with van der Waals surface area (Å²) in [4.78, 5) is 0. The number of quaternary nitrogens is 1. The van der Waals surface area contributed by atoms with Gasteiger partial charge in [0.25, 0.3) is 0 Å². The highest BCUT2D eigenvalue weighted by Crippen LogP contribution is 2.22. The lowest BCUT2D eigenvalue weighted by Gasteiger charge is -2.40. The third-order valence-corrected chi connectivity index (χ3v) is 9.34. The first-order chi connectivity index (χ1) is 14.1. The molecule has 0 aliphatic carbocycles. The van der Waals surface area contributed by atoms with Crippen molar-refractivity contribution in [3.63, 3.8) is 0 Å². The molecule has 184 valence electrons. The van der Waals surface area contributed by atoms with Crippen LogP contribution in [0.2, 0.25) is 6.04 Å². The van der Waals surface area contributed by atoms with Crippen molar-refractivity contribution in [2.24, 2.45) is 0 Å². The van der Waals surface area contributed by atoms with Crippen molar-refractivity contribution in [2.45, 2.75) is 110 Å². The molecule has 0 unspecified atom stereocenters. The second-order valence-corrected chi connectivity index (χ2v) is 11.9. The Morgan fingerprint density at radius 1 is 0.500 bits per heavy atom. The van der Waals surface area contributed by atoms with Gasteiger partial charge in [-0.1, -0.05) is 59.3 Å². The molecule has 0 saturated carbocycles. The average molecular weight is 468 g/mol. The van der Waals surface area contributed by atoms with Crippen LogP contribution in [0.5, 0.6) is 0 Å². The Bertz CT molecular complexity index is 318. The summed E-state index contributed by atoms with van der Waals surface area (Å²) in [6.07, 6.45) is 17.5. The first-order valence-corrected chi connectivity index (χ1v) is 14.5. The van der Waals surface area contributed by atoms with E-state index in [9.17, 15) is 0 Å². The van der Waals surface area contributed by atoms with Crippen molar-refractivity contribution in [3.8, 4) is 0 Å². The number of nitrogens with zero attached hydrogens (tertiary/aromatic N) is 1. The Kier molecular flexibility index (Phi) is 23.0. The van der Waals surface area contributed by atoms with Crippen LogP contribution in [0.25, 0.3) is 0 Å². The molecule has 4 nitrogen and oxygen atoms in total. The van der Waals surface area contributed by atoms with Crippen molar-refractivity contribution in [1.82, 2.24) is 0 Å². The van der Waals surface area contributed by atoms with Gasteiger partial charge in [-0.3, -0.25) is 0 Å². The van der Waals surface area contributed by atoms with Gasteiger partial charge >= 0.3 is 8.80 Å². The third kappa shape index (κ3) is 14.4. The van der Waals surface area contributed by atoms with E-state index in [0.717, 1.165) is 12.5 Å². The maximum Gasteiger partial charge on any atom is 0.500 e. The fourth-order valence-electron chi connectivity index (χ4n) is 4.48. The predicted octanol–water partition coefficient (Wildman–Crippen LogP) is 3.82. The van der Waals surface area contributed by atoms with Gasteiger partial charge in [0.05, 0.1) is 26.2 Å². The van der Waals surface area contributed by atoms with Gasteiger partial charge in [0.1, 0.15) is 0 Å². The van der Waals surface area contributed by atoms with Crippen LogP contribution in [-0.4, -0.2) is 60.8 Å². The van der Waals surface area contributed by atoms with Crippen LogP contribution in [0.1, 0.15) is 104 Å². The average Bonchev–Trinajstić information content (AvgIpc) is 2.75. The molecule has 0 amide bonds. The van der Waals surface area contributed by atoms with Crippen LogP contribution in [0.4, 0.5) is 0 Å². The number of hydrogen-bond acceptors (Lipinski definition) is 3. The Morgan fingerprint density at radius 2 is 0.833 bits per heavy atom. The number of halogens is 1.